The number of nitrogens with zero attached hydrogens (tertiary/aromatic N) is 1. The first-order chi connectivity index (χ1) is 8.31. The molecule has 3 aromatic carbocycles. The number of hydrogen-bond acceptors (Lipinski definition) is 1. The van der Waals surface area contributed by atoms with Crippen LogP contribution in [0, 0.1) is 18.3 Å². The van der Waals surface area contributed by atoms with E-state index < -0.39 is 0 Å². The number of benzene rings is 3. The van der Waals surface area contributed by atoms with Crippen LogP contribution in [0.4, 0.5) is 0 Å². The molecule has 0 fully saturated rings. The Morgan fingerprint density at radius 2 is 1.71 bits per heavy atom. The quantitative estimate of drug-likeness (QED) is 0.518. The van der Waals surface area contributed by atoms with Gasteiger partial charge in [-0.2, -0.15) is 5.26 Å². The zero-order chi connectivity index (χ0) is 11.8. The molecular weight excluding hydrogens is 206 g/mol. The molecule has 0 amide bonds. The molecule has 0 radical (unpaired) electrons. The van der Waals surface area contributed by atoms with Crippen LogP contribution in [-0.4, -0.2) is 0 Å². The Kier molecular flexibility index (Phi) is 2.09. The highest BCUT2D eigenvalue weighted by molar-refractivity contribution is 6.11. The van der Waals surface area contributed by atoms with Crippen molar-refractivity contribution in [3.05, 3.63) is 59.7 Å². The molecule has 17 heavy (non-hydrogen) atoms. The Morgan fingerprint density at radius 3 is 2.53 bits per heavy atom. The normalized spacial score (nSPS) is 10.6. The van der Waals surface area contributed by atoms with Gasteiger partial charge in [0.25, 0.3) is 0 Å². The van der Waals surface area contributed by atoms with Gasteiger partial charge in [-0.25, -0.2) is 0 Å². The maximum absolute atomic E-state index is 9.24. The second kappa shape index (κ2) is 3.61. The zero-order valence-corrected chi connectivity index (χ0v) is 9.57. The molecule has 80 valence electrons. The molecule has 0 aliphatic heterocycles. The maximum atomic E-state index is 9.24. The van der Waals surface area contributed by atoms with Crippen molar-refractivity contribution in [3.8, 4) is 6.07 Å². The summed E-state index contributed by atoms with van der Waals surface area (Å²) in [5.41, 5.74) is 1.97. The third-order valence-corrected chi connectivity index (χ3v) is 3.21. The fourth-order valence-corrected chi connectivity index (χ4v) is 2.43. The van der Waals surface area contributed by atoms with Gasteiger partial charge in [0, 0.05) is 5.39 Å². The number of rotatable bonds is 0. The largest absolute Gasteiger partial charge is 0.192 e. The summed E-state index contributed by atoms with van der Waals surface area (Å²) < 4.78 is 0. The van der Waals surface area contributed by atoms with Gasteiger partial charge >= 0.3 is 0 Å². The minimum absolute atomic E-state index is 0.752. The summed E-state index contributed by atoms with van der Waals surface area (Å²) in [5.74, 6) is 0. The summed E-state index contributed by atoms with van der Waals surface area (Å²) in [6.45, 7) is 2.09. The monoisotopic (exact) mass is 217 g/mol. The molecule has 0 spiro atoms. The van der Waals surface area contributed by atoms with Gasteiger partial charge in [0.05, 0.1) is 11.6 Å². The van der Waals surface area contributed by atoms with Crippen molar-refractivity contribution >= 4 is 21.5 Å². The molecule has 0 saturated heterocycles. The SMILES string of the molecule is Cc1cccc2c(C#N)cc3ccccc3c12. The van der Waals surface area contributed by atoms with Crippen molar-refractivity contribution in [2.45, 2.75) is 6.92 Å². The molecule has 3 rings (SSSR count). The van der Waals surface area contributed by atoms with E-state index in [0.29, 0.717) is 0 Å². The average molecular weight is 217 g/mol. The lowest BCUT2D eigenvalue weighted by molar-refractivity contribution is 1.50. The molecule has 0 saturated carbocycles. The van der Waals surface area contributed by atoms with Crippen LogP contribution in [0.15, 0.2) is 48.5 Å². The molecule has 0 heterocycles. The van der Waals surface area contributed by atoms with Crippen molar-refractivity contribution in [3.63, 3.8) is 0 Å². The van der Waals surface area contributed by atoms with Gasteiger partial charge in [-0.05, 0) is 34.7 Å². The number of nitriles is 1. The van der Waals surface area contributed by atoms with Gasteiger partial charge in [-0.1, -0.05) is 42.5 Å². The Hall–Kier alpha value is -2.33. The summed E-state index contributed by atoms with van der Waals surface area (Å²) in [6, 6.07) is 18.6. The zero-order valence-electron chi connectivity index (χ0n) is 9.57. The topological polar surface area (TPSA) is 23.8 Å². The van der Waals surface area contributed by atoms with Gasteiger partial charge in [0.1, 0.15) is 0 Å². The van der Waals surface area contributed by atoms with E-state index in [1.54, 1.807) is 0 Å². The van der Waals surface area contributed by atoms with Crippen LogP contribution in [0.2, 0.25) is 0 Å². The van der Waals surface area contributed by atoms with E-state index in [1.165, 1.54) is 16.3 Å². The predicted octanol–water partition coefficient (Wildman–Crippen LogP) is 4.17. The highest BCUT2D eigenvalue weighted by Gasteiger charge is 2.07. The summed E-state index contributed by atoms with van der Waals surface area (Å²) in [5, 5.41) is 13.8. The third kappa shape index (κ3) is 1.38. The molecule has 1 nitrogen and oxygen atoms in total. The molecule has 0 aliphatic carbocycles. The van der Waals surface area contributed by atoms with Crippen molar-refractivity contribution in [2.24, 2.45) is 0 Å². The standard InChI is InChI=1S/C16H11N/c1-11-5-4-8-15-13(10-17)9-12-6-2-3-7-14(12)16(11)15/h2-9H,1H3. The van der Waals surface area contributed by atoms with Crippen molar-refractivity contribution in [1.29, 1.82) is 5.26 Å². The fraction of sp³-hybridized carbons (Fsp3) is 0.0625. The molecule has 0 atom stereocenters. The van der Waals surface area contributed by atoms with Crippen LogP contribution in [0.25, 0.3) is 21.5 Å². The smallest absolute Gasteiger partial charge is 0.0998 e. The van der Waals surface area contributed by atoms with E-state index in [9.17, 15) is 5.26 Å². The Balaban J connectivity index is 2.68. The van der Waals surface area contributed by atoms with E-state index >= 15 is 0 Å². The van der Waals surface area contributed by atoms with Gasteiger partial charge in [-0.15, -0.1) is 0 Å². The molecule has 0 N–H and O–H groups in total. The lowest BCUT2D eigenvalue weighted by Crippen LogP contribution is -1.85. The Morgan fingerprint density at radius 1 is 0.941 bits per heavy atom. The molecule has 0 unspecified atom stereocenters. The van der Waals surface area contributed by atoms with E-state index in [0.717, 1.165) is 16.3 Å². The number of hydrogen-bond donors (Lipinski definition) is 0. The minimum Gasteiger partial charge on any atom is -0.192 e. The first-order valence-corrected chi connectivity index (χ1v) is 5.62. The molecule has 0 bridgehead atoms. The van der Waals surface area contributed by atoms with Gasteiger partial charge < -0.3 is 0 Å². The Bertz CT molecular complexity index is 763. The first kappa shape index (κ1) is 9.86. The average Bonchev–Trinajstić information content (AvgIpc) is 2.38. The second-order valence-electron chi connectivity index (χ2n) is 4.25. The van der Waals surface area contributed by atoms with E-state index in [1.807, 2.05) is 30.3 Å². The number of fused-ring (bicyclic) bond motifs is 3. The maximum Gasteiger partial charge on any atom is 0.0998 e. The van der Waals surface area contributed by atoms with Crippen LogP contribution in [0.1, 0.15) is 11.1 Å². The van der Waals surface area contributed by atoms with Crippen molar-refractivity contribution in [2.75, 3.05) is 0 Å². The summed E-state index contributed by atoms with van der Waals surface area (Å²) in [7, 11) is 0. The lowest BCUT2D eigenvalue weighted by atomic mass is 9.95. The highest BCUT2D eigenvalue weighted by atomic mass is 14.2. The lowest BCUT2D eigenvalue weighted by Gasteiger charge is -2.08. The van der Waals surface area contributed by atoms with Crippen molar-refractivity contribution in [1.82, 2.24) is 0 Å². The van der Waals surface area contributed by atoms with Crippen LogP contribution in [0.5, 0.6) is 0 Å². The van der Waals surface area contributed by atoms with Gasteiger partial charge in [0.2, 0.25) is 0 Å². The van der Waals surface area contributed by atoms with Gasteiger partial charge in [0.15, 0.2) is 0 Å². The third-order valence-electron chi connectivity index (χ3n) is 3.21. The fourth-order valence-electron chi connectivity index (χ4n) is 2.43. The molecular formula is C16H11N. The summed E-state index contributed by atoms with van der Waals surface area (Å²) in [4.78, 5) is 0. The second-order valence-corrected chi connectivity index (χ2v) is 4.25. The predicted molar refractivity (Wildman–Crippen MR) is 70.9 cm³/mol. The summed E-state index contributed by atoms with van der Waals surface area (Å²) >= 11 is 0. The van der Waals surface area contributed by atoms with E-state index in [4.69, 9.17) is 0 Å². The molecule has 3 aromatic rings. The van der Waals surface area contributed by atoms with Crippen LogP contribution in [0.3, 0.4) is 0 Å². The Labute approximate surface area is 99.9 Å². The molecule has 1 heteroatoms. The van der Waals surface area contributed by atoms with Crippen LogP contribution >= 0.6 is 0 Å². The molecule has 0 aliphatic rings. The van der Waals surface area contributed by atoms with E-state index in [2.05, 4.69) is 31.2 Å². The summed E-state index contributed by atoms with van der Waals surface area (Å²) in [6.07, 6.45) is 0. The highest BCUT2D eigenvalue weighted by Crippen LogP contribution is 2.30. The number of aryl methyl sites for hydroxylation is 1. The minimum atomic E-state index is 0.752. The van der Waals surface area contributed by atoms with E-state index in [-0.39, 0.29) is 0 Å². The van der Waals surface area contributed by atoms with Crippen LogP contribution < -0.4 is 0 Å². The van der Waals surface area contributed by atoms with Crippen LogP contribution in [-0.2, 0) is 0 Å². The first-order valence-electron chi connectivity index (χ1n) is 5.62. The van der Waals surface area contributed by atoms with Crippen molar-refractivity contribution < 1.29 is 0 Å². The molecule has 0 aromatic heterocycles. The van der Waals surface area contributed by atoms with Gasteiger partial charge in [-0.3, -0.25) is 0 Å².